The van der Waals surface area contributed by atoms with Crippen molar-refractivity contribution in [2.24, 2.45) is 4.99 Å². The zero-order valence-electron chi connectivity index (χ0n) is 14.4. The van der Waals surface area contributed by atoms with Crippen LogP contribution in [0.2, 0.25) is 0 Å². The van der Waals surface area contributed by atoms with Gasteiger partial charge in [-0.05, 0) is 55.6 Å². The Morgan fingerprint density at radius 2 is 2.04 bits per heavy atom. The molecule has 3 rings (SSSR count). The lowest BCUT2D eigenvalue weighted by molar-refractivity contribution is 1.07. The third-order valence-electron chi connectivity index (χ3n) is 3.52. The fourth-order valence-electron chi connectivity index (χ4n) is 2.35. The molecule has 0 radical (unpaired) electrons. The summed E-state index contributed by atoms with van der Waals surface area (Å²) in [6.45, 7) is 1.96. The van der Waals surface area contributed by atoms with Crippen LogP contribution in [0.4, 0.5) is 11.4 Å². The van der Waals surface area contributed by atoms with E-state index in [2.05, 4.69) is 11.4 Å². The number of nitriles is 1. The summed E-state index contributed by atoms with van der Waals surface area (Å²) in [5.74, 6) is 0.529. The Morgan fingerprint density at radius 1 is 1.23 bits per heavy atom. The van der Waals surface area contributed by atoms with Gasteiger partial charge in [0, 0.05) is 15.5 Å². The normalized spacial score (nSPS) is 11.2. The van der Waals surface area contributed by atoms with Crippen molar-refractivity contribution in [3.8, 4) is 6.07 Å². The van der Waals surface area contributed by atoms with Crippen molar-refractivity contribution in [3.05, 3.63) is 70.5 Å². The molecule has 0 spiro atoms. The number of aryl methyl sites for hydroxylation is 1. The number of aromatic nitrogens is 1. The van der Waals surface area contributed by atoms with E-state index in [0.717, 1.165) is 21.1 Å². The van der Waals surface area contributed by atoms with Gasteiger partial charge in [-0.25, -0.2) is 8.95 Å². The molecule has 0 aliphatic carbocycles. The van der Waals surface area contributed by atoms with E-state index >= 15 is 0 Å². The predicted molar refractivity (Wildman–Crippen MR) is 108 cm³/mol. The molecule has 0 fully saturated rings. The highest BCUT2D eigenvalue weighted by atomic mass is 32.2. The standard InChI is InChI=1S/C19H17N5S2/c1-13-9-18(21)24(26-13)19(22-15-6-3-5-14(10-15)12-20)23-16-7-4-8-17(11-16)25-2/h3-11,21H,1-2H3,(H,22,23). The van der Waals surface area contributed by atoms with Crippen LogP contribution >= 0.6 is 23.3 Å². The second kappa shape index (κ2) is 8.04. The number of nitrogens with one attached hydrogen (secondary N) is 2. The number of hydrogen-bond donors (Lipinski definition) is 2. The van der Waals surface area contributed by atoms with Crippen LogP contribution in [0.1, 0.15) is 10.4 Å². The molecule has 1 heterocycles. The first-order valence-electron chi connectivity index (χ1n) is 7.84. The van der Waals surface area contributed by atoms with Crippen LogP contribution in [-0.2, 0) is 0 Å². The van der Waals surface area contributed by atoms with Crippen LogP contribution in [-0.4, -0.2) is 16.2 Å². The smallest absolute Gasteiger partial charge is 0.223 e. The monoisotopic (exact) mass is 379 g/mol. The highest BCUT2D eigenvalue weighted by Gasteiger charge is 2.09. The maximum atomic E-state index is 9.11. The van der Waals surface area contributed by atoms with Gasteiger partial charge in [0.05, 0.1) is 17.3 Å². The Balaban J connectivity index is 2.07. The van der Waals surface area contributed by atoms with Gasteiger partial charge in [-0.3, -0.25) is 5.41 Å². The highest BCUT2D eigenvalue weighted by Crippen LogP contribution is 2.22. The predicted octanol–water partition coefficient (Wildman–Crippen LogP) is 4.58. The van der Waals surface area contributed by atoms with E-state index in [1.165, 1.54) is 11.5 Å². The zero-order chi connectivity index (χ0) is 18.5. The minimum atomic E-state index is 0.358. The Morgan fingerprint density at radius 3 is 2.73 bits per heavy atom. The molecule has 0 amide bonds. The first-order valence-corrected chi connectivity index (χ1v) is 9.84. The van der Waals surface area contributed by atoms with Gasteiger partial charge in [-0.15, -0.1) is 11.8 Å². The van der Waals surface area contributed by atoms with E-state index in [4.69, 9.17) is 15.7 Å². The molecule has 0 aliphatic rings. The number of hydrogen-bond acceptors (Lipinski definition) is 5. The molecule has 3 aromatic rings. The third-order valence-corrected chi connectivity index (χ3v) is 5.21. The SMILES string of the molecule is CSc1cccc(N=C(Nc2cccc(C#N)c2)n2sc(C)cc2=N)c1. The zero-order valence-corrected chi connectivity index (χ0v) is 16.0. The Labute approximate surface area is 160 Å². The van der Waals surface area contributed by atoms with Gasteiger partial charge in [-0.2, -0.15) is 5.26 Å². The molecule has 5 nitrogen and oxygen atoms in total. The molecule has 130 valence electrons. The average molecular weight is 380 g/mol. The van der Waals surface area contributed by atoms with Crippen molar-refractivity contribution in [1.82, 2.24) is 3.96 Å². The minimum absolute atomic E-state index is 0.358. The second-order valence-corrected chi connectivity index (χ2v) is 7.55. The van der Waals surface area contributed by atoms with Gasteiger partial charge in [0.2, 0.25) is 5.96 Å². The van der Waals surface area contributed by atoms with Crippen molar-refractivity contribution in [1.29, 1.82) is 10.7 Å². The molecular formula is C19H17N5S2. The van der Waals surface area contributed by atoms with Crippen LogP contribution in [0.3, 0.4) is 0 Å². The molecule has 7 heteroatoms. The summed E-state index contributed by atoms with van der Waals surface area (Å²) < 4.78 is 1.74. The fourth-order valence-corrected chi connectivity index (χ4v) is 3.58. The highest BCUT2D eigenvalue weighted by molar-refractivity contribution is 7.98. The van der Waals surface area contributed by atoms with Gasteiger partial charge < -0.3 is 5.32 Å². The maximum absolute atomic E-state index is 9.11. The molecule has 1 aromatic heterocycles. The number of rotatable bonds is 3. The van der Waals surface area contributed by atoms with E-state index in [0.29, 0.717) is 17.0 Å². The van der Waals surface area contributed by atoms with Crippen LogP contribution < -0.4 is 10.8 Å². The molecular weight excluding hydrogens is 362 g/mol. The van der Waals surface area contributed by atoms with Crippen molar-refractivity contribution >= 4 is 40.6 Å². The summed E-state index contributed by atoms with van der Waals surface area (Å²) in [5, 5.41) is 20.6. The Hall–Kier alpha value is -2.82. The van der Waals surface area contributed by atoms with E-state index in [1.54, 1.807) is 33.9 Å². The quantitative estimate of drug-likeness (QED) is 0.397. The first-order chi connectivity index (χ1) is 12.6. The van der Waals surface area contributed by atoms with Crippen molar-refractivity contribution in [2.75, 3.05) is 11.6 Å². The molecule has 2 N–H and O–H groups in total. The number of aliphatic imine (C=N–C) groups is 1. The first kappa shape index (κ1) is 18.0. The number of anilines is 1. The van der Waals surface area contributed by atoms with E-state index in [-0.39, 0.29) is 0 Å². The summed E-state index contributed by atoms with van der Waals surface area (Å²) >= 11 is 3.10. The maximum Gasteiger partial charge on any atom is 0.223 e. The molecule has 0 saturated carbocycles. The van der Waals surface area contributed by atoms with Crippen molar-refractivity contribution in [3.63, 3.8) is 0 Å². The number of thioether (sulfide) groups is 1. The van der Waals surface area contributed by atoms with Crippen molar-refractivity contribution < 1.29 is 0 Å². The van der Waals surface area contributed by atoms with E-state index < -0.39 is 0 Å². The van der Waals surface area contributed by atoms with Crippen LogP contribution in [0.15, 0.2) is 64.5 Å². The number of nitrogens with zero attached hydrogens (tertiary/aromatic N) is 3. The molecule has 0 saturated heterocycles. The minimum Gasteiger partial charge on any atom is -0.325 e. The summed E-state index contributed by atoms with van der Waals surface area (Å²) in [6, 6.07) is 19.1. The van der Waals surface area contributed by atoms with Crippen LogP contribution in [0, 0.1) is 23.7 Å². The van der Waals surface area contributed by atoms with Gasteiger partial charge in [0.25, 0.3) is 0 Å². The number of benzene rings is 2. The lowest BCUT2D eigenvalue weighted by atomic mass is 10.2. The lowest BCUT2D eigenvalue weighted by Crippen LogP contribution is -2.28. The van der Waals surface area contributed by atoms with E-state index in [9.17, 15) is 0 Å². The Kier molecular flexibility index (Phi) is 5.56. The molecule has 0 atom stereocenters. The second-order valence-electron chi connectivity index (χ2n) is 5.48. The summed E-state index contributed by atoms with van der Waals surface area (Å²) in [4.78, 5) is 6.87. The topological polar surface area (TPSA) is 77.0 Å². The summed E-state index contributed by atoms with van der Waals surface area (Å²) in [5.41, 5.74) is 2.48. The average Bonchev–Trinajstić information content (AvgIpc) is 2.99. The summed E-state index contributed by atoms with van der Waals surface area (Å²) in [7, 11) is 0. The van der Waals surface area contributed by atoms with E-state index in [1.807, 2.05) is 49.6 Å². The van der Waals surface area contributed by atoms with Gasteiger partial charge in [-0.1, -0.05) is 23.7 Å². The van der Waals surface area contributed by atoms with Gasteiger partial charge in [0.1, 0.15) is 5.49 Å². The lowest BCUT2D eigenvalue weighted by Gasteiger charge is -2.11. The molecule has 0 bridgehead atoms. The van der Waals surface area contributed by atoms with Crippen LogP contribution in [0.5, 0.6) is 0 Å². The molecule has 0 unspecified atom stereocenters. The van der Waals surface area contributed by atoms with Crippen molar-refractivity contribution in [2.45, 2.75) is 11.8 Å². The fraction of sp³-hybridized carbons (Fsp3) is 0.105. The van der Waals surface area contributed by atoms with Crippen LogP contribution in [0.25, 0.3) is 0 Å². The Bertz CT molecular complexity index is 1060. The molecule has 0 aliphatic heterocycles. The summed E-state index contributed by atoms with van der Waals surface area (Å²) in [6.07, 6.45) is 2.02. The van der Waals surface area contributed by atoms with Gasteiger partial charge in [0.15, 0.2) is 0 Å². The molecule has 2 aromatic carbocycles. The largest absolute Gasteiger partial charge is 0.325 e. The van der Waals surface area contributed by atoms with Gasteiger partial charge >= 0.3 is 0 Å². The molecule has 26 heavy (non-hydrogen) atoms. The third kappa shape index (κ3) is 4.23.